The Morgan fingerprint density at radius 3 is 2.61 bits per heavy atom. The Bertz CT molecular complexity index is 353. The molecule has 1 aromatic rings. The molecule has 0 spiro atoms. The quantitative estimate of drug-likeness (QED) is 0.722. The van der Waals surface area contributed by atoms with Crippen molar-refractivity contribution in [3.8, 4) is 0 Å². The van der Waals surface area contributed by atoms with Gasteiger partial charge in [0.15, 0.2) is 0 Å². The molecule has 0 aromatic carbocycles. The molecule has 0 aliphatic carbocycles. The van der Waals surface area contributed by atoms with Crippen LogP contribution in [0.15, 0.2) is 6.20 Å². The molecule has 0 unspecified atom stereocenters. The summed E-state index contributed by atoms with van der Waals surface area (Å²) >= 11 is 2.28. The number of nitrogens with zero attached hydrogens (tertiary/aromatic N) is 3. The zero-order valence-corrected chi connectivity index (χ0v) is 13.7. The predicted molar refractivity (Wildman–Crippen MR) is 85.0 cm³/mol. The highest BCUT2D eigenvalue weighted by atomic mass is 127. The number of hydrogen-bond acceptors (Lipinski definition) is 4. The van der Waals surface area contributed by atoms with E-state index in [9.17, 15) is 0 Å². The van der Waals surface area contributed by atoms with Crippen molar-refractivity contribution in [3.63, 3.8) is 0 Å². The van der Waals surface area contributed by atoms with E-state index in [0.717, 1.165) is 54.2 Å². The number of rotatable bonds is 8. The lowest BCUT2D eigenvalue weighted by atomic mass is 10.3. The van der Waals surface area contributed by atoms with E-state index in [1.807, 2.05) is 6.20 Å². The molecule has 5 heteroatoms. The van der Waals surface area contributed by atoms with Crippen molar-refractivity contribution in [2.24, 2.45) is 0 Å². The zero-order valence-electron chi connectivity index (χ0n) is 11.5. The number of hydrogen-bond donors (Lipinski definition) is 1. The lowest BCUT2D eigenvalue weighted by molar-refractivity contribution is 0.306. The van der Waals surface area contributed by atoms with Gasteiger partial charge < -0.3 is 10.2 Å². The second-order valence-electron chi connectivity index (χ2n) is 4.19. The Morgan fingerprint density at radius 2 is 2.00 bits per heavy atom. The van der Waals surface area contributed by atoms with Gasteiger partial charge >= 0.3 is 0 Å². The molecule has 0 atom stereocenters. The van der Waals surface area contributed by atoms with E-state index in [-0.39, 0.29) is 0 Å². The van der Waals surface area contributed by atoms with Crippen molar-refractivity contribution in [1.29, 1.82) is 0 Å². The van der Waals surface area contributed by atoms with Crippen LogP contribution in [0.2, 0.25) is 0 Å². The first-order valence-corrected chi connectivity index (χ1v) is 7.76. The fraction of sp³-hybridized carbons (Fsp3) is 0.692. The SMILES string of the molecule is CCCNc1nc(CCN(CC)CC)ncc1I. The van der Waals surface area contributed by atoms with Crippen LogP contribution in [0, 0.1) is 3.57 Å². The summed E-state index contributed by atoms with van der Waals surface area (Å²) in [5.74, 6) is 1.91. The van der Waals surface area contributed by atoms with Crippen molar-refractivity contribution in [1.82, 2.24) is 14.9 Å². The minimum Gasteiger partial charge on any atom is -0.369 e. The minimum absolute atomic E-state index is 0.916. The first kappa shape index (κ1) is 15.6. The maximum absolute atomic E-state index is 4.59. The Labute approximate surface area is 124 Å². The van der Waals surface area contributed by atoms with Gasteiger partial charge in [-0.1, -0.05) is 20.8 Å². The van der Waals surface area contributed by atoms with Crippen molar-refractivity contribution in [3.05, 3.63) is 15.6 Å². The summed E-state index contributed by atoms with van der Waals surface area (Å²) in [6.45, 7) is 10.7. The van der Waals surface area contributed by atoms with Crippen molar-refractivity contribution in [2.45, 2.75) is 33.6 Å². The van der Waals surface area contributed by atoms with E-state index in [1.165, 1.54) is 0 Å². The lowest BCUT2D eigenvalue weighted by Crippen LogP contribution is -2.26. The monoisotopic (exact) mass is 362 g/mol. The third-order valence-electron chi connectivity index (χ3n) is 2.88. The predicted octanol–water partition coefficient (Wildman–Crippen LogP) is 2.79. The molecular weight excluding hydrogens is 339 g/mol. The smallest absolute Gasteiger partial charge is 0.143 e. The van der Waals surface area contributed by atoms with Gasteiger partial charge in [0.1, 0.15) is 11.6 Å². The highest BCUT2D eigenvalue weighted by molar-refractivity contribution is 14.1. The highest BCUT2D eigenvalue weighted by Crippen LogP contribution is 2.14. The number of nitrogens with one attached hydrogen (secondary N) is 1. The van der Waals surface area contributed by atoms with Crippen LogP contribution in [0.5, 0.6) is 0 Å². The van der Waals surface area contributed by atoms with Gasteiger partial charge in [-0.25, -0.2) is 9.97 Å². The second kappa shape index (κ2) is 8.63. The standard InChI is InChI=1S/C13H23IN4/c1-4-8-15-13-11(14)10-16-12(17-13)7-9-18(5-2)6-3/h10H,4-9H2,1-3H3,(H,15,16,17). The van der Waals surface area contributed by atoms with Gasteiger partial charge in [0.05, 0.1) is 3.57 Å². The third kappa shape index (κ3) is 5.06. The lowest BCUT2D eigenvalue weighted by Gasteiger charge is -2.17. The van der Waals surface area contributed by atoms with Crippen LogP contribution in [-0.2, 0) is 6.42 Å². The van der Waals surface area contributed by atoms with E-state index in [0.29, 0.717) is 0 Å². The summed E-state index contributed by atoms with van der Waals surface area (Å²) < 4.78 is 1.09. The van der Waals surface area contributed by atoms with E-state index >= 15 is 0 Å². The van der Waals surface area contributed by atoms with Gasteiger partial charge in [-0.3, -0.25) is 0 Å². The van der Waals surface area contributed by atoms with Crippen LogP contribution in [0.1, 0.15) is 33.0 Å². The van der Waals surface area contributed by atoms with Gasteiger partial charge in [0.2, 0.25) is 0 Å². The summed E-state index contributed by atoms with van der Waals surface area (Å²) in [5.41, 5.74) is 0. The average molecular weight is 362 g/mol. The summed E-state index contributed by atoms with van der Waals surface area (Å²) in [4.78, 5) is 11.4. The molecule has 0 saturated carbocycles. The molecule has 1 N–H and O–H groups in total. The van der Waals surface area contributed by atoms with Crippen LogP contribution in [-0.4, -0.2) is 41.0 Å². The molecule has 0 aliphatic heterocycles. The number of halogens is 1. The molecule has 0 saturated heterocycles. The Kier molecular flexibility index (Phi) is 7.50. The van der Waals surface area contributed by atoms with E-state index in [4.69, 9.17) is 0 Å². The fourth-order valence-electron chi connectivity index (χ4n) is 1.69. The number of anilines is 1. The second-order valence-corrected chi connectivity index (χ2v) is 5.35. The molecule has 18 heavy (non-hydrogen) atoms. The molecule has 4 nitrogen and oxygen atoms in total. The fourth-order valence-corrected chi connectivity index (χ4v) is 2.14. The van der Waals surface area contributed by atoms with Crippen molar-refractivity contribution < 1.29 is 0 Å². The van der Waals surface area contributed by atoms with Crippen molar-refractivity contribution >= 4 is 28.4 Å². The van der Waals surface area contributed by atoms with Crippen LogP contribution in [0.25, 0.3) is 0 Å². The van der Waals surface area contributed by atoms with Gasteiger partial charge in [0.25, 0.3) is 0 Å². The average Bonchev–Trinajstić information content (AvgIpc) is 2.40. The summed E-state index contributed by atoms with van der Waals surface area (Å²) in [7, 11) is 0. The third-order valence-corrected chi connectivity index (χ3v) is 3.67. The molecule has 1 rings (SSSR count). The normalized spacial score (nSPS) is 10.9. The van der Waals surface area contributed by atoms with E-state index in [1.54, 1.807) is 0 Å². The molecule has 0 fully saturated rings. The molecule has 1 aromatic heterocycles. The summed E-state index contributed by atoms with van der Waals surface area (Å²) in [5, 5.41) is 3.35. The van der Waals surface area contributed by atoms with Gasteiger partial charge in [-0.15, -0.1) is 0 Å². The minimum atomic E-state index is 0.916. The maximum atomic E-state index is 4.59. The summed E-state index contributed by atoms with van der Waals surface area (Å²) in [6.07, 6.45) is 3.93. The van der Waals surface area contributed by atoms with E-state index in [2.05, 4.69) is 63.5 Å². The largest absolute Gasteiger partial charge is 0.369 e. The van der Waals surface area contributed by atoms with Crippen LogP contribution in [0.4, 0.5) is 5.82 Å². The van der Waals surface area contributed by atoms with Crippen molar-refractivity contribution in [2.75, 3.05) is 31.5 Å². The number of aromatic nitrogens is 2. The van der Waals surface area contributed by atoms with Crippen LogP contribution >= 0.6 is 22.6 Å². The molecule has 0 radical (unpaired) electrons. The highest BCUT2D eigenvalue weighted by Gasteiger charge is 2.06. The molecule has 1 heterocycles. The topological polar surface area (TPSA) is 41.1 Å². The number of likely N-dealkylation sites (N-methyl/N-ethyl adjacent to an activating group) is 1. The Balaban J connectivity index is 2.60. The molecule has 0 amide bonds. The van der Waals surface area contributed by atoms with E-state index < -0.39 is 0 Å². The maximum Gasteiger partial charge on any atom is 0.143 e. The van der Waals surface area contributed by atoms with Gasteiger partial charge in [-0.05, 0) is 42.1 Å². The molecular formula is C13H23IN4. The Hall–Kier alpha value is -0.430. The first-order chi connectivity index (χ1) is 8.71. The summed E-state index contributed by atoms with van der Waals surface area (Å²) in [6, 6.07) is 0. The molecule has 102 valence electrons. The first-order valence-electron chi connectivity index (χ1n) is 6.68. The van der Waals surface area contributed by atoms with Gasteiger partial charge in [0, 0.05) is 25.7 Å². The van der Waals surface area contributed by atoms with Gasteiger partial charge in [-0.2, -0.15) is 0 Å². The van der Waals surface area contributed by atoms with Crippen LogP contribution in [0.3, 0.4) is 0 Å². The molecule has 0 bridgehead atoms. The molecule has 0 aliphatic rings. The Morgan fingerprint density at radius 1 is 1.28 bits per heavy atom. The van der Waals surface area contributed by atoms with Crippen LogP contribution < -0.4 is 5.32 Å². The zero-order chi connectivity index (χ0) is 13.4.